The molecule has 1 heterocycles. The van der Waals surface area contributed by atoms with Crippen molar-refractivity contribution < 1.29 is 9.53 Å². The molecule has 1 amide bonds. The number of fused-ring (bicyclic) bond motifs is 1. The number of rotatable bonds is 3. The normalized spacial score (nSPS) is 16.0. The van der Waals surface area contributed by atoms with Crippen molar-refractivity contribution in [3.63, 3.8) is 0 Å². The summed E-state index contributed by atoms with van der Waals surface area (Å²) in [6.07, 6.45) is 0.631. The average molecular weight is 336 g/mol. The van der Waals surface area contributed by atoms with Gasteiger partial charge in [-0.15, -0.1) is 0 Å². The fourth-order valence-corrected chi connectivity index (χ4v) is 3.12. The zero-order valence-corrected chi connectivity index (χ0v) is 13.5. The minimum absolute atomic E-state index is 0.0658. The van der Waals surface area contributed by atoms with E-state index in [4.69, 9.17) is 27.9 Å². The van der Waals surface area contributed by atoms with Gasteiger partial charge in [0.1, 0.15) is 11.9 Å². The number of nitrogens with one attached hydrogen (secondary N) is 1. The van der Waals surface area contributed by atoms with Crippen molar-refractivity contribution in [1.29, 1.82) is 0 Å². The van der Waals surface area contributed by atoms with Crippen LogP contribution in [-0.2, 0) is 11.2 Å². The van der Waals surface area contributed by atoms with E-state index in [9.17, 15) is 4.79 Å². The SMILES string of the molecule is CC(=O)NC[C@H]1Cc2cc(Cl)cc(-c3ccccc3Cl)c2O1. The van der Waals surface area contributed by atoms with Crippen molar-refractivity contribution in [1.82, 2.24) is 5.32 Å². The highest BCUT2D eigenvalue weighted by Crippen LogP contribution is 2.43. The number of hydrogen-bond acceptors (Lipinski definition) is 2. The predicted molar refractivity (Wildman–Crippen MR) is 88.7 cm³/mol. The fourth-order valence-electron chi connectivity index (χ4n) is 2.65. The zero-order chi connectivity index (χ0) is 15.7. The number of carbonyl (C=O) groups excluding carboxylic acids is 1. The third kappa shape index (κ3) is 3.06. The first-order chi connectivity index (χ1) is 10.5. The van der Waals surface area contributed by atoms with E-state index in [2.05, 4.69) is 5.32 Å². The molecule has 0 aliphatic carbocycles. The molecule has 2 aromatic carbocycles. The van der Waals surface area contributed by atoms with E-state index in [1.165, 1.54) is 6.92 Å². The summed E-state index contributed by atoms with van der Waals surface area (Å²) in [5.41, 5.74) is 2.82. The molecule has 0 saturated carbocycles. The summed E-state index contributed by atoms with van der Waals surface area (Å²) in [4.78, 5) is 11.1. The van der Waals surface area contributed by atoms with Crippen LogP contribution in [0.1, 0.15) is 12.5 Å². The second kappa shape index (κ2) is 6.19. The van der Waals surface area contributed by atoms with Crippen molar-refractivity contribution in [3.8, 4) is 16.9 Å². The lowest BCUT2D eigenvalue weighted by Crippen LogP contribution is -2.32. The van der Waals surface area contributed by atoms with Gasteiger partial charge in [-0.3, -0.25) is 4.79 Å². The van der Waals surface area contributed by atoms with Gasteiger partial charge in [-0.05, 0) is 18.2 Å². The number of carbonyl (C=O) groups is 1. The standard InChI is InChI=1S/C17H15Cl2NO2/c1-10(21)20-9-13-7-11-6-12(18)8-15(17(11)22-13)14-4-2-3-5-16(14)19/h2-6,8,13H,7,9H2,1H3,(H,20,21)/t13-/m1/s1. The van der Waals surface area contributed by atoms with Gasteiger partial charge in [0, 0.05) is 40.1 Å². The van der Waals surface area contributed by atoms with Gasteiger partial charge in [-0.2, -0.15) is 0 Å². The van der Waals surface area contributed by atoms with E-state index in [-0.39, 0.29) is 12.0 Å². The highest BCUT2D eigenvalue weighted by molar-refractivity contribution is 6.34. The molecule has 3 nitrogen and oxygen atoms in total. The Morgan fingerprint density at radius 3 is 2.77 bits per heavy atom. The Morgan fingerprint density at radius 1 is 1.27 bits per heavy atom. The van der Waals surface area contributed by atoms with Crippen LogP contribution < -0.4 is 10.1 Å². The molecular weight excluding hydrogens is 321 g/mol. The summed E-state index contributed by atoms with van der Waals surface area (Å²) in [7, 11) is 0. The molecule has 0 spiro atoms. The predicted octanol–water partition coefficient (Wildman–Crippen LogP) is 4.10. The van der Waals surface area contributed by atoms with E-state index >= 15 is 0 Å². The van der Waals surface area contributed by atoms with Crippen LogP contribution >= 0.6 is 23.2 Å². The number of hydrogen-bond donors (Lipinski definition) is 1. The Hall–Kier alpha value is -1.71. The fraction of sp³-hybridized carbons (Fsp3) is 0.235. The summed E-state index contributed by atoms with van der Waals surface area (Å²) in [6, 6.07) is 11.4. The Kier molecular flexibility index (Phi) is 4.27. The van der Waals surface area contributed by atoms with Crippen LogP contribution in [0.2, 0.25) is 10.0 Å². The molecule has 3 rings (SSSR count). The summed E-state index contributed by atoms with van der Waals surface area (Å²) in [5.74, 6) is 0.733. The molecule has 0 radical (unpaired) electrons. The van der Waals surface area contributed by atoms with Crippen molar-refractivity contribution in [2.24, 2.45) is 0 Å². The average Bonchev–Trinajstić information content (AvgIpc) is 2.87. The zero-order valence-electron chi connectivity index (χ0n) is 12.0. The van der Waals surface area contributed by atoms with Gasteiger partial charge in [0.25, 0.3) is 0 Å². The van der Waals surface area contributed by atoms with Gasteiger partial charge in [0.2, 0.25) is 5.91 Å². The third-order valence-electron chi connectivity index (χ3n) is 3.61. The highest BCUT2D eigenvalue weighted by atomic mass is 35.5. The van der Waals surface area contributed by atoms with Gasteiger partial charge >= 0.3 is 0 Å². The number of amides is 1. The third-order valence-corrected chi connectivity index (χ3v) is 4.15. The molecule has 0 bridgehead atoms. The van der Waals surface area contributed by atoms with Crippen LogP contribution in [0.3, 0.4) is 0 Å². The van der Waals surface area contributed by atoms with E-state index in [1.54, 1.807) is 0 Å². The smallest absolute Gasteiger partial charge is 0.217 e. The van der Waals surface area contributed by atoms with Crippen LogP contribution in [0.25, 0.3) is 11.1 Å². The molecule has 114 valence electrons. The number of benzene rings is 2. The highest BCUT2D eigenvalue weighted by Gasteiger charge is 2.27. The molecule has 22 heavy (non-hydrogen) atoms. The van der Waals surface area contributed by atoms with Gasteiger partial charge < -0.3 is 10.1 Å². The monoisotopic (exact) mass is 335 g/mol. The largest absolute Gasteiger partial charge is 0.487 e. The van der Waals surface area contributed by atoms with Crippen LogP contribution in [0.15, 0.2) is 36.4 Å². The minimum Gasteiger partial charge on any atom is -0.487 e. The van der Waals surface area contributed by atoms with Crippen molar-refractivity contribution in [2.45, 2.75) is 19.4 Å². The molecule has 0 saturated heterocycles. The van der Waals surface area contributed by atoms with Crippen LogP contribution in [0.5, 0.6) is 5.75 Å². The summed E-state index contributed by atoms with van der Waals surface area (Å²) < 4.78 is 6.02. The lowest BCUT2D eigenvalue weighted by atomic mass is 10.0. The first-order valence-electron chi connectivity index (χ1n) is 7.03. The van der Waals surface area contributed by atoms with E-state index in [0.717, 1.165) is 22.4 Å². The van der Waals surface area contributed by atoms with Gasteiger partial charge in [-0.1, -0.05) is 41.4 Å². The summed E-state index contributed by atoms with van der Waals surface area (Å²) in [5, 5.41) is 4.09. The van der Waals surface area contributed by atoms with Gasteiger partial charge in [0.05, 0.1) is 6.54 Å². The van der Waals surface area contributed by atoms with Crippen molar-refractivity contribution in [3.05, 3.63) is 52.0 Å². The molecular formula is C17H15Cl2NO2. The lowest BCUT2D eigenvalue weighted by Gasteiger charge is -2.14. The van der Waals surface area contributed by atoms with Crippen molar-refractivity contribution >= 4 is 29.1 Å². The lowest BCUT2D eigenvalue weighted by molar-refractivity contribution is -0.119. The van der Waals surface area contributed by atoms with E-state index in [0.29, 0.717) is 23.0 Å². The Balaban J connectivity index is 1.96. The maximum absolute atomic E-state index is 11.1. The van der Waals surface area contributed by atoms with Gasteiger partial charge in [0.15, 0.2) is 0 Å². The number of ether oxygens (including phenoxy) is 1. The molecule has 5 heteroatoms. The van der Waals surface area contributed by atoms with Gasteiger partial charge in [-0.25, -0.2) is 0 Å². The minimum atomic E-state index is -0.0846. The van der Waals surface area contributed by atoms with Crippen LogP contribution in [0.4, 0.5) is 0 Å². The maximum atomic E-state index is 11.1. The maximum Gasteiger partial charge on any atom is 0.217 e. The molecule has 1 aliphatic rings. The topological polar surface area (TPSA) is 38.3 Å². The number of halogens is 2. The second-order valence-electron chi connectivity index (χ2n) is 5.30. The first kappa shape index (κ1) is 15.2. The molecule has 0 aromatic heterocycles. The van der Waals surface area contributed by atoms with Crippen LogP contribution in [0, 0.1) is 0 Å². The van der Waals surface area contributed by atoms with Crippen molar-refractivity contribution in [2.75, 3.05) is 6.54 Å². The molecule has 0 fully saturated rings. The Bertz CT molecular complexity index is 731. The van der Waals surface area contributed by atoms with E-state index < -0.39 is 0 Å². The quantitative estimate of drug-likeness (QED) is 0.916. The molecule has 1 aliphatic heterocycles. The molecule has 2 aromatic rings. The van der Waals surface area contributed by atoms with Crippen LogP contribution in [-0.4, -0.2) is 18.6 Å². The second-order valence-corrected chi connectivity index (χ2v) is 6.15. The van der Waals surface area contributed by atoms with E-state index in [1.807, 2.05) is 36.4 Å². The Labute approximate surface area is 139 Å². The summed E-state index contributed by atoms with van der Waals surface area (Å²) in [6.45, 7) is 1.97. The summed E-state index contributed by atoms with van der Waals surface area (Å²) >= 11 is 12.5. The first-order valence-corrected chi connectivity index (χ1v) is 7.78. The molecule has 0 unspecified atom stereocenters. The molecule has 1 atom stereocenters. The Morgan fingerprint density at radius 2 is 2.05 bits per heavy atom. The molecule has 1 N–H and O–H groups in total.